The number of hydrogen-bond donors (Lipinski definition) is 0. The molecule has 0 spiro atoms. The van der Waals surface area contributed by atoms with Crippen LogP contribution in [0.1, 0.15) is 21.5 Å². The number of rotatable bonds is 4. The number of aromatic nitrogens is 2. The van der Waals surface area contributed by atoms with Crippen LogP contribution in [0.5, 0.6) is 0 Å². The number of allylic oxidation sites excluding steroid dienone is 1. The molecule has 1 aliphatic rings. The molecule has 0 aliphatic carbocycles. The summed E-state index contributed by atoms with van der Waals surface area (Å²) in [5, 5.41) is 4.72. The van der Waals surface area contributed by atoms with Gasteiger partial charge in [0.1, 0.15) is 5.82 Å². The molecule has 0 saturated heterocycles. The Morgan fingerprint density at radius 2 is 1.67 bits per heavy atom. The molecule has 1 aliphatic heterocycles. The zero-order chi connectivity index (χ0) is 20.5. The highest BCUT2D eigenvalue weighted by Crippen LogP contribution is 2.41. The molecule has 2 heterocycles. The molecule has 0 amide bonds. The van der Waals surface area contributed by atoms with Crippen LogP contribution in [0.25, 0.3) is 17.3 Å². The molecule has 4 aromatic rings. The van der Waals surface area contributed by atoms with Crippen molar-refractivity contribution in [2.75, 3.05) is 0 Å². The van der Waals surface area contributed by atoms with E-state index in [0.717, 1.165) is 27.3 Å². The molecule has 0 N–H and O–H groups in total. The zero-order valence-electron chi connectivity index (χ0n) is 16.0. The summed E-state index contributed by atoms with van der Waals surface area (Å²) in [5.41, 5.74) is 3.85. The minimum atomic E-state index is -0.258. The number of nitrogens with zero attached hydrogens (tertiary/aromatic N) is 2. The highest BCUT2D eigenvalue weighted by atomic mass is 32.2. The maximum absolute atomic E-state index is 14.1. The lowest BCUT2D eigenvalue weighted by molar-refractivity contribution is 0.104. The lowest BCUT2D eigenvalue weighted by Gasteiger charge is -2.03. The first kappa shape index (κ1) is 18.6. The standard InChI is InChI=1S/C25H17FN2OS/c26-21-12-6-4-10-18(21)15-28-16-19(24(27-28)17-8-2-1-3-9-17)14-23-25(29)20-11-5-7-13-22(20)30-23/h1-14,16H,15H2/b23-14-. The van der Waals surface area contributed by atoms with E-state index < -0.39 is 0 Å². The highest BCUT2D eigenvalue weighted by Gasteiger charge is 2.26. The number of thioether (sulfide) groups is 1. The smallest absolute Gasteiger partial charge is 0.200 e. The summed E-state index contributed by atoms with van der Waals surface area (Å²) in [4.78, 5) is 14.5. The van der Waals surface area contributed by atoms with E-state index >= 15 is 0 Å². The lowest BCUT2D eigenvalue weighted by Crippen LogP contribution is -2.02. The molecule has 30 heavy (non-hydrogen) atoms. The Kier molecular flexibility index (Phi) is 4.81. The average Bonchev–Trinajstić information content (AvgIpc) is 3.31. The van der Waals surface area contributed by atoms with Gasteiger partial charge in [-0.25, -0.2) is 4.39 Å². The number of benzene rings is 3. The Balaban J connectivity index is 1.56. The SMILES string of the molecule is O=C1/C(=C/c2cn(Cc3ccccc3F)nc2-c2ccccc2)Sc2ccccc21. The number of fused-ring (bicyclic) bond motifs is 1. The van der Waals surface area contributed by atoms with Gasteiger partial charge in [0.05, 0.1) is 17.1 Å². The second-order valence-electron chi connectivity index (χ2n) is 7.02. The van der Waals surface area contributed by atoms with Crippen LogP contribution in [0.15, 0.2) is 94.9 Å². The first-order chi connectivity index (χ1) is 14.7. The van der Waals surface area contributed by atoms with Crippen LogP contribution in [0, 0.1) is 5.82 Å². The van der Waals surface area contributed by atoms with E-state index in [1.807, 2.05) is 72.9 Å². The molecular formula is C25H17FN2OS. The molecule has 5 heteroatoms. The van der Waals surface area contributed by atoms with E-state index in [4.69, 9.17) is 5.10 Å². The molecule has 146 valence electrons. The van der Waals surface area contributed by atoms with Gasteiger partial charge in [0.2, 0.25) is 5.78 Å². The minimum absolute atomic E-state index is 0.0245. The van der Waals surface area contributed by atoms with Gasteiger partial charge in [-0.2, -0.15) is 5.10 Å². The monoisotopic (exact) mass is 412 g/mol. The van der Waals surface area contributed by atoms with Crippen molar-refractivity contribution in [3.8, 4) is 11.3 Å². The predicted octanol–water partition coefficient (Wildman–Crippen LogP) is 6.07. The summed E-state index contributed by atoms with van der Waals surface area (Å²) < 4.78 is 15.9. The number of carbonyl (C=O) groups is 1. The van der Waals surface area contributed by atoms with Gasteiger partial charge in [-0.15, -0.1) is 0 Å². The maximum Gasteiger partial charge on any atom is 0.200 e. The first-order valence-corrected chi connectivity index (χ1v) is 10.4. The minimum Gasteiger partial charge on any atom is -0.288 e. The quantitative estimate of drug-likeness (QED) is 0.382. The van der Waals surface area contributed by atoms with Crippen molar-refractivity contribution in [3.63, 3.8) is 0 Å². The number of halogens is 1. The van der Waals surface area contributed by atoms with Crippen LogP contribution in [0.2, 0.25) is 0 Å². The molecule has 3 nitrogen and oxygen atoms in total. The predicted molar refractivity (Wildman–Crippen MR) is 118 cm³/mol. The fourth-order valence-electron chi connectivity index (χ4n) is 3.52. The van der Waals surface area contributed by atoms with Crippen molar-refractivity contribution in [2.24, 2.45) is 0 Å². The van der Waals surface area contributed by atoms with Gasteiger partial charge in [-0.1, -0.05) is 72.4 Å². The number of carbonyl (C=O) groups excluding carboxylic acids is 1. The third kappa shape index (κ3) is 3.48. The average molecular weight is 412 g/mol. The van der Waals surface area contributed by atoms with Crippen molar-refractivity contribution >= 4 is 23.6 Å². The van der Waals surface area contributed by atoms with Gasteiger partial charge in [0.15, 0.2) is 0 Å². The molecule has 1 aromatic heterocycles. The fraction of sp³-hybridized carbons (Fsp3) is 0.0400. The molecule has 5 rings (SSSR count). The third-order valence-corrected chi connectivity index (χ3v) is 6.09. The molecular weight excluding hydrogens is 395 g/mol. The van der Waals surface area contributed by atoms with Crippen LogP contribution in [-0.2, 0) is 6.54 Å². The Hall–Kier alpha value is -3.44. The van der Waals surface area contributed by atoms with Gasteiger partial charge in [0, 0.05) is 33.3 Å². The summed E-state index contributed by atoms with van der Waals surface area (Å²) in [7, 11) is 0. The maximum atomic E-state index is 14.1. The Morgan fingerprint density at radius 3 is 2.47 bits per heavy atom. The zero-order valence-corrected chi connectivity index (χ0v) is 16.8. The normalized spacial score (nSPS) is 14.3. The van der Waals surface area contributed by atoms with Crippen molar-refractivity contribution in [2.45, 2.75) is 11.4 Å². The van der Waals surface area contributed by atoms with Crippen molar-refractivity contribution in [1.82, 2.24) is 9.78 Å². The largest absolute Gasteiger partial charge is 0.288 e. The van der Waals surface area contributed by atoms with E-state index in [9.17, 15) is 9.18 Å². The van der Waals surface area contributed by atoms with Crippen LogP contribution in [0.3, 0.4) is 0 Å². The van der Waals surface area contributed by atoms with E-state index in [1.54, 1.807) is 16.8 Å². The van der Waals surface area contributed by atoms with Crippen LogP contribution in [-0.4, -0.2) is 15.6 Å². The van der Waals surface area contributed by atoms with Crippen molar-refractivity contribution < 1.29 is 9.18 Å². The Bertz CT molecular complexity index is 1280. The number of hydrogen-bond acceptors (Lipinski definition) is 3. The van der Waals surface area contributed by atoms with Crippen molar-refractivity contribution in [1.29, 1.82) is 0 Å². The van der Waals surface area contributed by atoms with E-state index in [1.165, 1.54) is 17.8 Å². The van der Waals surface area contributed by atoms with E-state index in [-0.39, 0.29) is 11.6 Å². The van der Waals surface area contributed by atoms with Crippen LogP contribution < -0.4 is 0 Å². The van der Waals surface area contributed by atoms with Crippen molar-refractivity contribution in [3.05, 3.63) is 112 Å². The Labute approximate surface area is 177 Å². The third-order valence-electron chi connectivity index (χ3n) is 4.99. The van der Waals surface area contributed by atoms with Crippen LogP contribution >= 0.6 is 11.8 Å². The first-order valence-electron chi connectivity index (χ1n) is 9.58. The van der Waals surface area contributed by atoms with Gasteiger partial charge >= 0.3 is 0 Å². The summed E-state index contributed by atoms with van der Waals surface area (Å²) in [6.07, 6.45) is 3.76. The second kappa shape index (κ2) is 7.76. The van der Waals surface area contributed by atoms with E-state index in [2.05, 4.69) is 0 Å². The molecule has 0 saturated carbocycles. The molecule has 0 atom stereocenters. The van der Waals surface area contributed by atoms with Gasteiger partial charge < -0.3 is 0 Å². The summed E-state index contributed by atoms with van der Waals surface area (Å²) in [6, 6.07) is 24.1. The molecule has 0 unspecified atom stereocenters. The summed E-state index contributed by atoms with van der Waals surface area (Å²) in [5.74, 6) is -0.234. The second-order valence-corrected chi connectivity index (χ2v) is 8.11. The molecule has 0 fully saturated rings. The van der Waals surface area contributed by atoms with Gasteiger partial charge in [0.25, 0.3) is 0 Å². The van der Waals surface area contributed by atoms with Gasteiger partial charge in [-0.05, 0) is 24.3 Å². The fourth-order valence-corrected chi connectivity index (χ4v) is 4.56. The Morgan fingerprint density at radius 1 is 0.933 bits per heavy atom. The summed E-state index contributed by atoms with van der Waals surface area (Å²) >= 11 is 1.47. The summed E-state index contributed by atoms with van der Waals surface area (Å²) in [6.45, 7) is 0.316. The lowest BCUT2D eigenvalue weighted by atomic mass is 10.1. The van der Waals surface area contributed by atoms with E-state index in [0.29, 0.717) is 17.0 Å². The highest BCUT2D eigenvalue weighted by molar-refractivity contribution is 8.04. The molecule has 0 bridgehead atoms. The van der Waals surface area contributed by atoms with Crippen LogP contribution in [0.4, 0.5) is 4.39 Å². The number of ketones is 1. The molecule has 3 aromatic carbocycles. The van der Waals surface area contributed by atoms with Gasteiger partial charge in [-0.3, -0.25) is 9.48 Å². The topological polar surface area (TPSA) is 34.9 Å². The number of Topliss-reactive ketones (excluding diaryl/α,β-unsaturated/α-hetero) is 1. The molecule has 0 radical (unpaired) electrons.